The third kappa shape index (κ3) is 3.98. The van der Waals surface area contributed by atoms with Gasteiger partial charge in [0.25, 0.3) is 0 Å². The lowest BCUT2D eigenvalue weighted by atomic mass is 10.1. The Labute approximate surface area is 128 Å². The minimum Gasteiger partial charge on any atom is -0.354 e. The van der Waals surface area contributed by atoms with Gasteiger partial charge in [0.2, 0.25) is 0 Å². The van der Waals surface area contributed by atoms with Gasteiger partial charge in [0, 0.05) is 25.0 Å². The molecule has 1 heterocycles. The second-order valence-corrected chi connectivity index (χ2v) is 6.14. The fourth-order valence-corrected chi connectivity index (χ4v) is 3.10. The number of benzene rings is 1. The smallest absolute Gasteiger partial charge is 0.0363 e. The van der Waals surface area contributed by atoms with Crippen molar-refractivity contribution in [2.45, 2.75) is 45.2 Å². The Morgan fingerprint density at radius 2 is 2.00 bits per heavy atom. The van der Waals surface area contributed by atoms with E-state index in [4.69, 9.17) is 0 Å². The lowest BCUT2D eigenvalue weighted by Crippen LogP contribution is -2.22. The summed E-state index contributed by atoms with van der Waals surface area (Å²) in [6.07, 6.45) is 9.72. The number of rotatable bonds is 8. The highest BCUT2D eigenvalue weighted by atomic mass is 15.0. The van der Waals surface area contributed by atoms with E-state index in [-0.39, 0.29) is 0 Å². The van der Waals surface area contributed by atoms with E-state index in [1.165, 1.54) is 30.4 Å². The maximum atomic E-state index is 3.64. The number of nitrogens with one attached hydrogen (secondary N) is 1. The van der Waals surface area contributed by atoms with E-state index in [0.717, 1.165) is 25.4 Å². The predicted octanol–water partition coefficient (Wildman–Crippen LogP) is 4.18. The molecule has 0 amide bonds. The van der Waals surface area contributed by atoms with Crippen LogP contribution in [0.4, 0.5) is 0 Å². The topological polar surface area (TPSA) is 17.0 Å². The molecule has 1 aliphatic rings. The van der Waals surface area contributed by atoms with Crippen LogP contribution in [0.5, 0.6) is 0 Å². The zero-order valence-electron chi connectivity index (χ0n) is 13.0. The molecule has 3 rings (SSSR count). The van der Waals surface area contributed by atoms with E-state index in [1.54, 1.807) is 0 Å². The summed E-state index contributed by atoms with van der Waals surface area (Å²) in [5.74, 6) is 0.866. The summed E-state index contributed by atoms with van der Waals surface area (Å²) in [6.45, 7) is 4.37. The number of aryl methyl sites for hydroxylation is 2. The van der Waals surface area contributed by atoms with Crippen molar-refractivity contribution >= 4 is 0 Å². The molecule has 112 valence electrons. The number of nitrogens with zero attached hydrogens (tertiary/aromatic N) is 1. The molecule has 1 saturated carbocycles. The van der Waals surface area contributed by atoms with Crippen LogP contribution in [0, 0.1) is 5.92 Å². The summed E-state index contributed by atoms with van der Waals surface area (Å²) >= 11 is 0. The molecule has 1 aromatic carbocycles. The van der Waals surface area contributed by atoms with Gasteiger partial charge >= 0.3 is 0 Å². The zero-order chi connectivity index (χ0) is 14.5. The number of aromatic nitrogens is 1. The van der Waals surface area contributed by atoms with Crippen LogP contribution in [0.3, 0.4) is 0 Å². The molecule has 0 saturated heterocycles. The molecule has 0 bridgehead atoms. The Hall–Kier alpha value is -1.54. The summed E-state index contributed by atoms with van der Waals surface area (Å²) in [5, 5.41) is 3.64. The minimum absolute atomic E-state index is 0.574. The van der Waals surface area contributed by atoms with Crippen LogP contribution in [0.2, 0.25) is 0 Å². The van der Waals surface area contributed by atoms with Crippen molar-refractivity contribution < 1.29 is 0 Å². The molecule has 0 spiro atoms. The van der Waals surface area contributed by atoms with Crippen LogP contribution in [-0.4, -0.2) is 11.1 Å². The highest BCUT2D eigenvalue weighted by molar-refractivity contribution is 5.18. The van der Waals surface area contributed by atoms with Crippen molar-refractivity contribution in [1.82, 2.24) is 9.88 Å². The molecule has 0 radical (unpaired) electrons. The molecule has 1 aromatic heterocycles. The summed E-state index contributed by atoms with van der Waals surface area (Å²) in [7, 11) is 0. The third-order valence-electron chi connectivity index (χ3n) is 4.37. The molecule has 0 aliphatic heterocycles. The summed E-state index contributed by atoms with van der Waals surface area (Å²) in [6, 6.07) is 13.6. The summed E-state index contributed by atoms with van der Waals surface area (Å²) < 4.78 is 2.35. The van der Waals surface area contributed by atoms with Crippen molar-refractivity contribution in [3.63, 3.8) is 0 Å². The van der Waals surface area contributed by atoms with Crippen molar-refractivity contribution in [3.8, 4) is 0 Å². The Kier molecular flexibility index (Phi) is 4.76. The van der Waals surface area contributed by atoms with Gasteiger partial charge in [-0.1, -0.05) is 37.3 Å². The SMILES string of the molecule is CCNC(c1ccn(CCCc2ccccc2)c1)C1CC1. The fraction of sp³-hybridized carbons (Fsp3) is 0.474. The monoisotopic (exact) mass is 282 g/mol. The van der Waals surface area contributed by atoms with Gasteiger partial charge in [0.1, 0.15) is 0 Å². The number of hydrogen-bond acceptors (Lipinski definition) is 1. The first-order valence-corrected chi connectivity index (χ1v) is 8.30. The lowest BCUT2D eigenvalue weighted by Gasteiger charge is -2.15. The standard InChI is InChI=1S/C19H26N2/c1-2-20-19(17-10-11-17)18-12-14-21(15-18)13-6-9-16-7-4-3-5-8-16/h3-5,7-8,12,14-15,17,19-20H,2,6,9-11,13H2,1H3. The molecule has 1 aliphatic carbocycles. The molecule has 21 heavy (non-hydrogen) atoms. The Balaban J connectivity index is 1.52. The molecule has 2 nitrogen and oxygen atoms in total. The number of hydrogen-bond donors (Lipinski definition) is 1. The Bertz CT molecular complexity index is 540. The highest BCUT2D eigenvalue weighted by Crippen LogP contribution is 2.40. The maximum absolute atomic E-state index is 3.64. The molecule has 1 N–H and O–H groups in total. The van der Waals surface area contributed by atoms with Crippen molar-refractivity contribution in [1.29, 1.82) is 0 Å². The van der Waals surface area contributed by atoms with Crippen LogP contribution >= 0.6 is 0 Å². The molecule has 1 atom stereocenters. The van der Waals surface area contributed by atoms with Gasteiger partial charge in [-0.25, -0.2) is 0 Å². The third-order valence-corrected chi connectivity index (χ3v) is 4.37. The average Bonchev–Trinajstić information content (AvgIpc) is 3.25. The van der Waals surface area contributed by atoms with E-state index < -0.39 is 0 Å². The Morgan fingerprint density at radius 1 is 1.19 bits per heavy atom. The van der Waals surface area contributed by atoms with Crippen LogP contribution in [-0.2, 0) is 13.0 Å². The van der Waals surface area contributed by atoms with Crippen molar-refractivity contribution in [2.75, 3.05) is 6.54 Å². The van der Waals surface area contributed by atoms with E-state index in [1.807, 2.05) is 0 Å². The summed E-state index contributed by atoms with van der Waals surface area (Å²) in [4.78, 5) is 0. The van der Waals surface area contributed by atoms with Gasteiger partial charge < -0.3 is 9.88 Å². The van der Waals surface area contributed by atoms with E-state index in [0.29, 0.717) is 6.04 Å². The van der Waals surface area contributed by atoms with Crippen LogP contribution in [0.25, 0.3) is 0 Å². The lowest BCUT2D eigenvalue weighted by molar-refractivity contribution is 0.494. The molecule has 2 heteroatoms. The second-order valence-electron chi connectivity index (χ2n) is 6.14. The van der Waals surface area contributed by atoms with Crippen LogP contribution in [0.1, 0.15) is 43.4 Å². The van der Waals surface area contributed by atoms with Crippen LogP contribution in [0.15, 0.2) is 48.8 Å². The normalized spacial score (nSPS) is 16.0. The maximum Gasteiger partial charge on any atom is 0.0363 e. The van der Waals surface area contributed by atoms with Crippen LogP contribution < -0.4 is 5.32 Å². The molecular formula is C19H26N2. The van der Waals surface area contributed by atoms with E-state index in [2.05, 4.69) is 65.6 Å². The van der Waals surface area contributed by atoms with Gasteiger partial charge in [0.05, 0.1) is 0 Å². The first-order valence-electron chi connectivity index (χ1n) is 8.30. The Morgan fingerprint density at radius 3 is 2.71 bits per heavy atom. The van der Waals surface area contributed by atoms with Gasteiger partial charge in [-0.05, 0) is 55.3 Å². The van der Waals surface area contributed by atoms with Gasteiger partial charge in [-0.3, -0.25) is 0 Å². The van der Waals surface area contributed by atoms with E-state index in [9.17, 15) is 0 Å². The highest BCUT2D eigenvalue weighted by Gasteiger charge is 2.31. The minimum atomic E-state index is 0.574. The second kappa shape index (κ2) is 6.95. The quantitative estimate of drug-likeness (QED) is 0.768. The molecule has 1 fully saturated rings. The zero-order valence-corrected chi connectivity index (χ0v) is 13.0. The summed E-state index contributed by atoms with van der Waals surface area (Å²) in [5.41, 5.74) is 2.91. The van der Waals surface area contributed by atoms with Crippen molar-refractivity contribution in [3.05, 3.63) is 59.9 Å². The fourth-order valence-electron chi connectivity index (χ4n) is 3.10. The first kappa shape index (κ1) is 14.4. The van der Waals surface area contributed by atoms with Gasteiger partial charge in [0.15, 0.2) is 0 Å². The molecule has 1 unspecified atom stereocenters. The van der Waals surface area contributed by atoms with Gasteiger partial charge in [-0.2, -0.15) is 0 Å². The molecular weight excluding hydrogens is 256 g/mol. The molecule has 2 aromatic rings. The van der Waals surface area contributed by atoms with Crippen molar-refractivity contribution in [2.24, 2.45) is 5.92 Å². The predicted molar refractivity (Wildman–Crippen MR) is 88.3 cm³/mol. The first-order chi connectivity index (χ1) is 10.4. The van der Waals surface area contributed by atoms with E-state index >= 15 is 0 Å². The largest absolute Gasteiger partial charge is 0.354 e. The average molecular weight is 282 g/mol. The van der Waals surface area contributed by atoms with Gasteiger partial charge in [-0.15, -0.1) is 0 Å².